The number of nitrogens with zero attached hydrogens (tertiary/aromatic N) is 1. The maximum absolute atomic E-state index is 13.1. The van der Waals surface area contributed by atoms with Crippen molar-refractivity contribution in [3.8, 4) is 6.07 Å². The van der Waals surface area contributed by atoms with Crippen molar-refractivity contribution in [1.82, 2.24) is 5.32 Å². The van der Waals surface area contributed by atoms with Gasteiger partial charge in [-0.1, -0.05) is 31.2 Å². The lowest BCUT2D eigenvalue weighted by Gasteiger charge is -2.29. The van der Waals surface area contributed by atoms with Crippen LogP contribution in [0.5, 0.6) is 0 Å². The van der Waals surface area contributed by atoms with Crippen LogP contribution in [0, 0.1) is 11.3 Å². The van der Waals surface area contributed by atoms with Crippen LogP contribution in [0.2, 0.25) is 0 Å². The summed E-state index contributed by atoms with van der Waals surface area (Å²) >= 11 is 3.20. The standard InChI is InChI=1S/C21H21N3OS2/c1-3-11-27-21-16(13-22)19(17-10-7-12-26-17)18(14(2)23-21)20(25)24-15-8-5-4-6-9-15/h4-10,12,19,23H,3,11H2,1-2H3,(H,24,25)/t19-/m1/s1. The van der Waals surface area contributed by atoms with E-state index in [2.05, 4.69) is 23.6 Å². The van der Waals surface area contributed by atoms with Crippen molar-refractivity contribution >= 4 is 34.7 Å². The molecule has 0 saturated carbocycles. The van der Waals surface area contributed by atoms with E-state index in [4.69, 9.17) is 0 Å². The number of benzene rings is 1. The summed E-state index contributed by atoms with van der Waals surface area (Å²) in [4.78, 5) is 14.1. The largest absolute Gasteiger partial charge is 0.353 e. The van der Waals surface area contributed by atoms with E-state index in [0.29, 0.717) is 11.1 Å². The van der Waals surface area contributed by atoms with Gasteiger partial charge in [-0.2, -0.15) is 5.26 Å². The number of dihydropyridines is 1. The zero-order chi connectivity index (χ0) is 19.2. The topological polar surface area (TPSA) is 64.9 Å². The number of thioether (sulfide) groups is 1. The molecular weight excluding hydrogens is 374 g/mol. The SMILES string of the molecule is CCCSC1=C(C#N)[C@H](c2cccs2)C(C(=O)Nc2ccccc2)=C(C)N1. The van der Waals surface area contributed by atoms with Crippen LogP contribution in [0.15, 0.2) is 69.7 Å². The molecule has 0 bridgehead atoms. The molecule has 6 heteroatoms. The maximum Gasteiger partial charge on any atom is 0.254 e. The van der Waals surface area contributed by atoms with Crippen molar-refractivity contribution in [3.05, 3.63) is 74.6 Å². The monoisotopic (exact) mass is 395 g/mol. The minimum absolute atomic E-state index is 0.183. The Balaban J connectivity index is 2.01. The number of rotatable bonds is 6. The van der Waals surface area contributed by atoms with Crippen molar-refractivity contribution in [2.45, 2.75) is 26.2 Å². The van der Waals surface area contributed by atoms with Crippen LogP contribution < -0.4 is 10.6 Å². The summed E-state index contributed by atoms with van der Waals surface area (Å²) in [5, 5.41) is 19.0. The number of nitrogens with one attached hydrogen (secondary N) is 2. The highest BCUT2D eigenvalue weighted by Gasteiger charge is 2.35. The first-order valence-corrected chi connectivity index (χ1v) is 10.7. The molecule has 0 fully saturated rings. The molecule has 0 spiro atoms. The number of hydrogen-bond donors (Lipinski definition) is 2. The third kappa shape index (κ3) is 4.26. The lowest BCUT2D eigenvalue weighted by molar-refractivity contribution is -0.113. The van der Waals surface area contributed by atoms with Gasteiger partial charge in [0.2, 0.25) is 0 Å². The van der Waals surface area contributed by atoms with E-state index in [1.807, 2.05) is 54.8 Å². The van der Waals surface area contributed by atoms with Crippen LogP contribution in [0.4, 0.5) is 5.69 Å². The van der Waals surface area contributed by atoms with Gasteiger partial charge in [-0.3, -0.25) is 4.79 Å². The Bertz CT molecular complexity index is 909. The van der Waals surface area contributed by atoms with Crippen molar-refractivity contribution in [1.29, 1.82) is 5.26 Å². The van der Waals surface area contributed by atoms with Gasteiger partial charge in [0.25, 0.3) is 5.91 Å². The van der Waals surface area contributed by atoms with Crippen LogP contribution in [0.25, 0.3) is 0 Å². The van der Waals surface area contributed by atoms with Gasteiger partial charge in [0.15, 0.2) is 0 Å². The number of amides is 1. The highest BCUT2D eigenvalue weighted by Crippen LogP contribution is 2.42. The molecule has 1 amide bonds. The van der Waals surface area contributed by atoms with Gasteiger partial charge in [0.05, 0.1) is 22.6 Å². The zero-order valence-corrected chi connectivity index (χ0v) is 16.9. The van der Waals surface area contributed by atoms with E-state index in [0.717, 1.165) is 33.5 Å². The van der Waals surface area contributed by atoms with Crippen LogP contribution in [-0.2, 0) is 4.79 Å². The van der Waals surface area contributed by atoms with Crippen LogP contribution in [-0.4, -0.2) is 11.7 Å². The predicted octanol–water partition coefficient (Wildman–Crippen LogP) is 5.23. The van der Waals surface area contributed by atoms with E-state index < -0.39 is 0 Å². The normalized spacial score (nSPS) is 16.7. The predicted molar refractivity (Wildman–Crippen MR) is 113 cm³/mol. The third-order valence-corrected chi connectivity index (χ3v) is 6.36. The van der Waals surface area contributed by atoms with E-state index in [1.54, 1.807) is 23.1 Å². The van der Waals surface area contributed by atoms with Crippen molar-refractivity contribution in [2.75, 3.05) is 11.1 Å². The maximum atomic E-state index is 13.1. The van der Waals surface area contributed by atoms with Crippen LogP contribution >= 0.6 is 23.1 Å². The number of thiophene rings is 1. The number of allylic oxidation sites excluding steroid dienone is 2. The minimum atomic E-state index is -0.348. The fourth-order valence-electron chi connectivity index (χ4n) is 2.99. The second-order valence-electron chi connectivity index (χ2n) is 6.14. The van der Waals surface area contributed by atoms with E-state index in [1.165, 1.54) is 0 Å². The second-order valence-corrected chi connectivity index (χ2v) is 8.22. The molecule has 0 aliphatic carbocycles. The summed E-state index contributed by atoms with van der Waals surface area (Å²) in [5.74, 6) is 0.389. The first-order chi connectivity index (χ1) is 13.2. The molecule has 3 rings (SSSR count). The molecule has 2 heterocycles. The Labute approximate surface area is 168 Å². The number of carbonyl (C=O) groups is 1. The molecule has 1 aromatic heterocycles. The lowest BCUT2D eigenvalue weighted by Crippen LogP contribution is -2.30. The molecule has 2 N–H and O–H groups in total. The molecular formula is C21H21N3OS2. The quantitative estimate of drug-likeness (QED) is 0.703. The van der Waals surface area contributed by atoms with Gasteiger partial charge in [0, 0.05) is 21.8 Å². The first-order valence-electron chi connectivity index (χ1n) is 8.80. The van der Waals surface area contributed by atoms with Crippen molar-refractivity contribution in [2.24, 2.45) is 0 Å². The summed E-state index contributed by atoms with van der Waals surface area (Å²) < 4.78 is 0. The average Bonchev–Trinajstić information content (AvgIpc) is 3.20. The zero-order valence-electron chi connectivity index (χ0n) is 15.3. The molecule has 2 aromatic rings. The molecule has 4 nitrogen and oxygen atoms in total. The van der Waals surface area contributed by atoms with Crippen molar-refractivity contribution in [3.63, 3.8) is 0 Å². The lowest BCUT2D eigenvalue weighted by atomic mass is 9.86. The van der Waals surface area contributed by atoms with Gasteiger partial charge in [-0.15, -0.1) is 23.1 Å². The summed E-state index contributed by atoms with van der Waals surface area (Å²) in [5.41, 5.74) is 2.74. The molecule has 27 heavy (non-hydrogen) atoms. The average molecular weight is 396 g/mol. The van der Waals surface area contributed by atoms with Gasteiger partial charge < -0.3 is 10.6 Å². The van der Waals surface area contributed by atoms with Crippen molar-refractivity contribution < 1.29 is 4.79 Å². The highest BCUT2D eigenvalue weighted by atomic mass is 32.2. The van der Waals surface area contributed by atoms with Gasteiger partial charge in [-0.25, -0.2) is 0 Å². The van der Waals surface area contributed by atoms with Gasteiger partial charge in [-0.05, 0) is 42.7 Å². The summed E-state index contributed by atoms with van der Waals surface area (Å²) in [6.45, 7) is 4.02. The second kappa shape index (κ2) is 8.94. The fourth-order valence-corrected chi connectivity index (χ4v) is 4.79. The molecule has 0 unspecified atom stereocenters. The molecule has 0 radical (unpaired) electrons. The third-order valence-electron chi connectivity index (χ3n) is 4.20. The van der Waals surface area contributed by atoms with E-state index in [-0.39, 0.29) is 11.8 Å². The number of hydrogen-bond acceptors (Lipinski definition) is 5. The Morgan fingerprint density at radius 2 is 2.07 bits per heavy atom. The smallest absolute Gasteiger partial charge is 0.254 e. The highest BCUT2D eigenvalue weighted by molar-refractivity contribution is 8.03. The number of anilines is 1. The Kier molecular flexibility index (Phi) is 6.38. The summed E-state index contributed by atoms with van der Waals surface area (Å²) in [7, 11) is 0. The molecule has 138 valence electrons. The molecule has 1 aliphatic heterocycles. The molecule has 1 aromatic carbocycles. The Hall–Kier alpha value is -2.49. The number of nitriles is 1. The van der Waals surface area contributed by atoms with E-state index in [9.17, 15) is 10.1 Å². The first kappa shape index (κ1) is 19.3. The number of carbonyl (C=O) groups excluding carboxylic acids is 1. The molecule has 0 saturated heterocycles. The summed E-state index contributed by atoms with van der Waals surface area (Å²) in [6.07, 6.45) is 1.02. The Morgan fingerprint density at radius 1 is 1.30 bits per heavy atom. The Morgan fingerprint density at radius 3 is 2.70 bits per heavy atom. The molecule has 1 atom stereocenters. The molecule has 1 aliphatic rings. The minimum Gasteiger partial charge on any atom is -0.353 e. The van der Waals surface area contributed by atoms with Crippen LogP contribution in [0.1, 0.15) is 31.1 Å². The van der Waals surface area contributed by atoms with Crippen LogP contribution in [0.3, 0.4) is 0 Å². The van der Waals surface area contributed by atoms with Gasteiger partial charge >= 0.3 is 0 Å². The number of para-hydroxylation sites is 1. The fraction of sp³-hybridized carbons (Fsp3) is 0.238. The van der Waals surface area contributed by atoms with E-state index >= 15 is 0 Å². The van der Waals surface area contributed by atoms with Gasteiger partial charge in [0.1, 0.15) is 0 Å². The summed E-state index contributed by atoms with van der Waals surface area (Å²) in [6, 6.07) is 15.7.